The third-order valence-electron chi connectivity index (χ3n) is 3.72. The summed E-state index contributed by atoms with van der Waals surface area (Å²) >= 11 is 3.55. The summed E-state index contributed by atoms with van der Waals surface area (Å²) < 4.78 is 24.4. The maximum atomic E-state index is 11.7. The van der Waals surface area contributed by atoms with Crippen LogP contribution in [0.2, 0.25) is 0 Å². The minimum atomic E-state index is -2.84. The van der Waals surface area contributed by atoms with Gasteiger partial charge in [0.1, 0.15) is 0 Å². The first-order valence-corrected chi connectivity index (χ1v) is 9.24. The molecule has 3 nitrogen and oxygen atoms in total. The molecular weight excluding hydrogens is 326 g/mol. The van der Waals surface area contributed by atoms with Gasteiger partial charge in [-0.2, -0.15) is 0 Å². The fraction of sp³-hybridized carbons (Fsp3) is 0.571. The van der Waals surface area contributed by atoms with Gasteiger partial charge in [-0.1, -0.05) is 35.0 Å². The van der Waals surface area contributed by atoms with Gasteiger partial charge < -0.3 is 5.32 Å². The van der Waals surface area contributed by atoms with Crippen LogP contribution in [0.1, 0.15) is 30.5 Å². The molecule has 1 N–H and O–H groups in total. The highest BCUT2D eigenvalue weighted by molar-refractivity contribution is 9.10. The summed E-state index contributed by atoms with van der Waals surface area (Å²) in [5.41, 5.74) is 2.36. The van der Waals surface area contributed by atoms with E-state index in [-0.39, 0.29) is 12.0 Å². The van der Waals surface area contributed by atoms with Gasteiger partial charge in [-0.25, -0.2) is 8.42 Å². The number of nitrogens with one attached hydrogen (secondary N) is 1. The lowest BCUT2D eigenvalue weighted by molar-refractivity contribution is 0.400. The van der Waals surface area contributed by atoms with E-state index in [1.807, 2.05) is 0 Å². The van der Waals surface area contributed by atoms with Crippen molar-refractivity contribution in [2.45, 2.75) is 26.3 Å². The van der Waals surface area contributed by atoms with Gasteiger partial charge in [0.05, 0.1) is 11.5 Å². The Morgan fingerprint density at radius 1 is 1.47 bits per heavy atom. The average Bonchev–Trinajstić information content (AvgIpc) is 2.70. The third-order valence-corrected chi connectivity index (χ3v) is 6.37. The Hall–Kier alpha value is -0.390. The molecule has 5 heteroatoms. The van der Waals surface area contributed by atoms with E-state index in [9.17, 15) is 8.42 Å². The van der Waals surface area contributed by atoms with Crippen LogP contribution in [0, 0.1) is 12.8 Å². The SMILES string of the molecule is CCNC(c1ccc(C)c(Br)c1)C1CCS(=O)(=O)C1. The summed E-state index contributed by atoms with van der Waals surface area (Å²) in [6.45, 7) is 4.95. The quantitative estimate of drug-likeness (QED) is 0.912. The molecule has 1 aliphatic heterocycles. The summed E-state index contributed by atoms with van der Waals surface area (Å²) in [5.74, 6) is 0.808. The van der Waals surface area contributed by atoms with Gasteiger partial charge >= 0.3 is 0 Å². The largest absolute Gasteiger partial charge is 0.310 e. The van der Waals surface area contributed by atoms with Crippen molar-refractivity contribution in [2.24, 2.45) is 5.92 Å². The van der Waals surface area contributed by atoms with Crippen LogP contribution in [-0.2, 0) is 9.84 Å². The Morgan fingerprint density at radius 3 is 2.74 bits per heavy atom. The maximum Gasteiger partial charge on any atom is 0.150 e. The molecule has 1 heterocycles. The van der Waals surface area contributed by atoms with E-state index >= 15 is 0 Å². The second kappa shape index (κ2) is 5.94. The van der Waals surface area contributed by atoms with E-state index in [4.69, 9.17) is 0 Å². The Kier molecular flexibility index (Phi) is 4.69. The van der Waals surface area contributed by atoms with Gasteiger partial charge in [-0.3, -0.25) is 0 Å². The molecule has 1 fully saturated rings. The molecule has 2 unspecified atom stereocenters. The topological polar surface area (TPSA) is 46.2 Å². The van der Waals surface area contributed by atoms with Gasteiger partial charge in [0.15, 0.2) is 9.84 Å². The highest BCUT2D eigenvalue weighted by Crippen LogP contribution is 2.33. The number of hydrogen-bond donors (Lipinski definition) is 1. The molecule has 2 atom stereocenters. The van der Waals surface area contributed by atoms with Crippen LogP contribution in [0.15, 0.2) is 22.7 Å². The van der Waals surface area contributed by atoms with Gasteiger partial charge in [-0.05, 0) is 43.0 Å². The first-order chi connectivity index (χ1) is 8.93. The molecule has 1 aromatic rings. The predicted octanol–water partition coefficient (Wildman–Crippen LogP) is 2.84. The first kappa shape index (κ1) is 15.0. The number of hydrogen-bond acceptors (Lipinski definition) is 3. The number of halogens is 1. The Bertz CT molecular complexity index is 557. The first-order valence-electron chi connectivity index (χ1n) is 6.63. The molecule has 1 aromatic carbocycles. The second-order valence-electron chi connectivity index (χ2n) is 5.21. The average molecular weight is 346 g/mol. The zero-order chi connectivity index (χ0) is 14.0. The smallest absolute Gasteiger partial charge is 0.150 e. The Balaban J connectivity index is 2.27. The van der Waals surface area contributed by atoms with Gasteiger partial charge in [0.25, 0.3) is 0 Å². The van der Waals surface area contributed by atoms with Crippen molar-refractivity contribution in [1.82, 2.24) is 5.32 Å². The van der Waals surface area contributed by atoms with Gasteiger partial charge in [0.2, 0.25) is 0 Å². The van der Waals surface area contributed by atoms with E-state index in [0.717, 1.165) is 17.4 Å². The van der Waals surface area contributed by atoms with Crippen molar-refractivity contribution in [3.8, 4) is 0 Å². The third kappa shape index (κ3) is 3.58. The molecule has 0 bridgehead atoms. The molecule has 0 amide bonds. The van der Waals surface area contributed by atoms with Crippen molar-refractivity contribution >= 4 is 25.8 Å². The van der Waals surface area contributed by atoms with Crippen LogP contribution in [0.4, 0.5) is 0 Å². The van der Waals surface area contributed by atoms with Crippen molar-refractivity contribution in [3.05, 3.63) is 33.8 Å². The van der Waals surface area contributed by atoms with Crippen molar-refractivity contribution < 1.29 is 8.42 Å². The highest BCUT2D eigenvalue weighted by Gasteiger charge is 2.34. The lowest BCUT2D eigenvalue weighted by atomic mass is 9.92. The summed E-state index contributed by atoms with van der Waals surface area (Å²) in [7, 11) is -2.84. The van der Waals surface area contributed by atoms with E-state index < -0.39 is 9.84 Å². The summed E-state index contributed by atoms with van der Waals surface area (Å²) in [6.07, 6.45) is 0.755. The molecule has 1 aliphatic rings. The van der Waals surface area contributed by atoms with E-state index in [2.05, 4.69) is 53.3 Å². The maximum absolute atomic E-state index is 11.7. The standard InChI is InChI=1S/C14H20BrNO2S/c1-3-16-14(12-6-7-19(17,18)9-12)11-5-4-10(2)13(15)8-11/h4-5,8,12,14,16H,3,6-7,9H2,1-2H3. The summed E-state index contributed by atoms with van der Waals surface area (Å²) in [5, 5.41) is 3.44. The van der Waals surface area contributed by atoms with Crippen LogP contribution >= 0.6 is 15.9 Å². The predicted molar refractivity (Wildman–Crippen MR) is 82.1 cm³/mol. The van der Waals surface area contributed by atoms with Crippen molar-refractivity contribution in [3.63, 3.8) is 0 Å². The fourth-order valence-corrected chi connectivity index (χ4v) is 4.90. The molecule has 0 radical (unpaired) electrons. The minimum Gasteiger partial charge on any atom is -0.310 e. The molecule has 0 aliphatic carbocycles. The molecule has 0 spiro atoms. The van der Waals surface area contributed by atoms with Crippen LogP contribution in [-0.4, -0.2) is 26.5 Å². The number of aryl methyl sites for hydroxylation is 1. The van der Waals surface area contributed by atoms with Crippen LogP contribution in [0.5, 0.6) is 0 Å². The van der Waals surface area contributed by atoms with Gasteiger partial charge in [-0.15, -0.1) is 0 Å². The Morgan fingerprint density at radius 2 is 2.21 bits per heavy atom. The van der Waals surface area contributed by atoms with Crippen molar-refractivity contribution in [2.75, 3.05) is 18.1 Å². The van der Waals surface area contributed by atoms with E-state index in [1.165, 1.54) is 11.1 Å². The summed E-state index contributed by atoms with van der Waals surface area (Å²) in [4.78, 5) is 0. The molecule has 1 saturated heterocycles. The van der Waals surface area contributed by atoms with Gasteiger partial charge in [0, 0.05) is 10.5 Å². The monoisotopic (exact) mass is 345 g/mol. The second-order valence-corrected chi connectivity index (χ2v) is 8.29. The molecule has 0 aromatic heterocycles. The minimum absolute atomic E-state index is 0.124. The van der Waals surface area contributed by atoms with E-state index in [0.29, 0.717) is 11.5 Å². The number of rotatable bonds is 4. The lowest BCUT2D eigenvalue weighted by Gasteiger charge is -2.24. The number of sulfone groups is 1. The number of benzene rings is 1. The molecular formula is C14H20BrNO2S. The normalized spacial score (nSPS) is 23.4. The molecule has 0 saturated carbocycles. The van der Waals surface area contributed by atoms with E-state index in [1.54, 1.807) is 0 Å². The van der Waals surface area contributed by atoms with Crippen LogP contribution in [0.3, 0.4) is 0 Å². The van der Waals surface area contributed by atoms with Crippen LogP contribution in [0.25, 0.3) is 0 Å². The van der Waals surface area contributed by atoms with Crippen molar-refractivity contribution in [1.29, 1.82) is 0 Å². The fourth-order valence-electron chi connectivity index (χ4n) is 2.67. The molecule has 106 valence electrons. The summed E-state index contributed by atoms with van der Waals surface area (Å²) in [6, 6.07) is 6.40. The van der Waals surface area contributed by atoms with Crippen LogP contribution < -0.4 is 5.32 Å². The highest BCUT2D eigenvalue weighted by atomic mass is 79.9. The lowest BCUT2D eigenvalue weighted by Crippen LogP contribution is -2.29. The Labute approximate surface area is 123 Å². The zero-order valence-electron chi connectivity index (χ0n) is 11.3. The zero-order valence-corrected chi connectivity index (χ0v) is 13.7. The molecule has 2 rings (SSSR count). The molecule has 19 heavy (non-hydrogen) atoms.